The van der Waals surface area contributed by atoms with Gasteiger partial charge in [-0.1, -0.05) is 36.4 Å². The van der Waals surface area contributed by atoms with Crippen molar-refractivity contribution in [1.82, 2.24) is 0 Å². The first-order chi connectivity index (χ1) is 9.31. The average Bonchev–Trinajstić information content (AvgIpc) is 2.93. The number of fused-ring (bicyclic) bond motifs is 1. The van der Waals surface area contributed by atoms with Crippen LogP contribution >= 0.6 is 0 Å². The Morgan fingerprint density at radius 2 is 1.95 bits per heavy atom. The second kappa shape index (κ2) is 4.61. The molecule has 3 heteroatoms. The van der Waals surface area contributed by atoms with Gasteiger partial charge in [0, 0.05) is 11.1 Å². The third-order valence-electron chi connectivity index (χ3n) is 3.01. The van der Waals surface area contributed by atoms with Crippen molar-refractivity contribution in [2.24, 2.45) is 0 Å². The molecule has 0 fully saturated rings. The van der Waals surface area contributed by atoms with Crippen LogP contribution in [0.25, 0.3) is 22.3 Å². The molecule has 0 radical (unpaired) electrons. The summed E-state index contributed by atoms with van der Waals surface area (Å²) in [7, 11) is 0. The topological polar surface area (TPSA) is 43.4 Å². The summed E-state index contributed by atoms with van der Waals surface area (Å²) in [5, 5.41) is 0.469. The molecule has 0 spiro atoms. The maximum Gasteiger partial charge on any atom is 0.347 e. The van der Waals surface area contributed by atoms with Crippen LogP contribution in [0.1, 0.15) is 5.56 Å². The summed E-state index contributed by atoms with van der Waals surface area (Å²) >= 11 is 0. The molecule has 0 atom stereocenters. The Morgan fingerprint density at radius 1 is 1.16 bits per heavy atom. The Balaban J connectivity index is 2.37. The summed E-state index contributed by atoms with van der Waals surface area (Å²) in [5.74, 6) is 0.549. The van der Waals surface area contributed by atoms with Crippen molar-refractivity contribution in [1.29, 1.82) is 0 Å². The van der Waals surface area contributed by atoms with E-state index >= 15 is 0 Å². The van der Waals surface area contributed by atoms with Crippen LogP contribution in [0.3, 0.4) is 0 Å². The molecule has 0 aliphatic heterocycles. The van der Waals surface area contributed by atoms with E-state index in [4.69, 9.17) is 8.83 Å². The molecule has 1 aromatic carbocycles. The lowest BCUT2D eigenvalue weighted by Gasteiger charge is -2.06. The molecule has 0 unspecified atom stereocenters. The number of hydrogen-bond acceptors (Lipinski definition) is 3. The third kappa shape index (κ3) is 1.89. The van der Waals surface area contributed by atoms with Crippen LogP contribution in [-0.2, 0) is 6.42 Å². The van der Waals surface area contributed by atoms with Crippen molar-refractivity contribution in [3.05, 3.63) is 71.3 Å². The molecule has 0 aliphatic carbocycles. The van der Waals surface area contributed by atoms with E-state index in [2.05, 4.69) is 6.58 Å². The van der Waals surface area contributed by atoms with Crippen LogP contribution in [0.4, 0.5) is 0 Å². The van der Waals surface area contributed by atoms with Gasteiger partial charge in [-0.15, -0.1) is 6.58 Å². The Kier molecular flexibility index (Phi) is 2.80. The van der Waals surface area contributed by atoms with Gasteiger partial charge in [-0.2, -0.15) is 0 Å². The van der Waals surface area contributed by atoms with Gasteiger partial charge in [0.25, 0.3) is 0 Å². The first-order valence-corrected chi connectivity index (χ1v) is 6.00. The molecule has 0 amide bonds. The molecule has 2 aromatic heterocycles. The molecular formula is C16H12O3. The number of allylic oxidation sites excluding steroid dienone is 1. The summed E-state index contributed by atoms with van der Waals surface area (Å²) in [4.78, 5) is 11.9. The van der Waals surface area contributed by atoms with E-state index < -0.39 is 0 Å². The molecule has 0 saturated carbocycles. The van der Waals surface area contributed by atoms with Gasteiger partial charge in [-0.3, -0.25) is 0 Å². The van der Waals surface area contributed by atoms with Crippen LogP contribution in [0.15, 0.2) is 68.9 Å². The van der Waals surface area contributed by atoms with E-state index in [0.717, 1.165) is 11.1 Å². The monoisotopic (exact) mass is 252 g/mol. The van der Waals surface area contributed by atoms with Crippen molar-refractivity contribution < 1.29 is 8.83 Å². The molecule has 3 aromatic rings. The zero-order chi connectivity index (χ0) is 13.2. The molecule has 0 aliphatic rings. The van der Waals surface area contributed by atoms with Gasteiger partial charge >= 0.3 is 5.63 Å². The summed E-state index contributed by atoms with van der Waals surface area (Å²) in [6.45, 7) is 3.74. The number of hydrogen-bond donors (Lipinski definition) is 0. The quantitative estimate of drug-likeness (QED) is 0.666. The fourth-order valence-electron chi connectivity index (χ4n) is 2.17. The van der Waals surface area contributed by atoms with E-state index in [-0.39, 0.29) is 5.63 Å². The van der Waals surface area contributed by atoms with E-state index in [9.17, 15) is 4.79 Å². The van der Waals surface area contributed by atoms with Gasteiger partial charge in [-0.25, -0.2) is 4.79 Å². The van der Waals surface area contributed by atoms with Crippen molar-refractivity contribution in [2.75, 3.05) is 0 Å². The van der Waals surface area contributed by atoms with Gasteiger partial charge in [0.15, 0.2) is 0 Å². The predicted octanol–water partition coefficient (Wildman–Crippen LogP) is 3.78. The van der Waals surface area contributed by atoms with Crippen LogP contribution in [0.5, 0.6) is 0 Å². The summed E-state index contributed by atoms with van der Waals surface area (Å²) in [6, 6.07) is 11.2. The Labute approximate surface area is 109 Å². The van der Waals surface area contributed by atoms with E-state index in [0.29, 0.717) is 23.2 Å². The second-order valence-electron chi connectivity index (χ2n) is 4.22. The summed E-state index contributed by atoms with van der Waals surface area (Å²) in [5.41, 5.74) is 1.90. The van der Waals surface area contributed by atoms with Gasteiger partial charge in [0.1, 0.15) is 16.7 Å². The Morgan fingerprint density at radius 3 is 2.68 bits per heavy atom. The highest BCUT2D eigenvalue weighted by Crippen LogP contribution is 2.29. The van der Waals surface area contributed by atoms with E-state index in [1.165, 1.54) is 6.26 Å². The van der Waals surface area contributed by atoms with Gasteiger partial charge in [-0.05, 0) is 12.5 Å². The predicted molar refractivity (Wildman–Crippen MR) is 74.1 cm³/mol. The SMILES string of the molecule is C=CCc1c(-c2ccccc2)oc(=O)c2ccoc12. The number of benzene rings is 1. The first kappa shape index (κ1) is 11.5. The van der Waals surface area contributed by atoms with E-state index in [1.54, 1.807) is 12.1 Å². The van der Waals surface area contributed by atoms with Gasteiger partial charge in [0.05, 0.1) is 6.26 Å². The molecule has 2 heterocycles. The lowest BCUT2D eigenvalue weighted by molar-refractivity contribution is 0.524. The molecule has 0 N–H and O–H groups in total. The van der Waals surface area contributed by atoms with Crippen molar-refractivity contribution in [3.63, 3.8) is 0 Å². The summed E-state index contributed by atoms with van der Waals surface area (Å²) < 4.78 is 10.9. The summed E-state index contributed by atoms with van der Waals surface area (Å²) in [6.07, 6.45) is 3.85. The van der Waals surface area contributed by atoms with Gasteiger partial charge < -0.3 is 8.83 Å². The fraction of sp³-hybridized carbons (Fsp3) is 0.0625. The minimum atomic E-state index is -0.379. The van der Waals surface area contributed by atoms with Crippen LogP contribution in [0, 0.1) is 0 Å². The zero-order valence-electron chi connectivity index (χ0n) is 10.3. The minimum absolute atomic E-state index is 0.379. The standard InChI is InChI=1S/C16H12O3/c1-2-6-12-14(11-7-4-3-5-8-11)19-16(17)13-9-10-18-15(12)13/h2-5,7-10H,1,6H2. The van der Waals surface area contributed by atoms with E-state index in [1.807, 2.05) is 30.3 Å². The maximum atomic E-state index is 11.9. The lowest BCUT2D eigenvalue weighted by Crippen LogP contribution is -2.02. The molecular weight excluding hydrogens is 240 g/mol. The normalized spacial score (nSPS) is 10.7. The van der Waals surface area contributed by atoms with Crippen LogP contribution in [-0.4, -0.2) is 0 Å². The smallest absolute Gasteiger partial charge is 0.347 e. The fourth-order valence-corrected chi connectivity index (χ4v) is 2.17. The molecule has 19 heavy (non-hydrogen) atoms. The molecule has 3 rings (SSSR count). The zero-order valence-corrected chi connectivity index (χ0v) is 10.3. The lowest BCUT2D eigenvalue weighted by atomic mass is 10.0. The maximum absolute atomic E-state index is 11.9. The van der Waals surface area contributed by atoms with Crippen LogP contribution in [0.2, 0.25) is 0 Å². The second-order valence-corrected chi connectivity index (χ2v) is 4.22. The van der Waals surface area contributed by atoms with Crippen molar-refractivity contribution in [3.8, 4) is 11.3 Å². The molecule has 0 bridgehead atoms. The van der Waals surface area contributed by atoms with Gasteiger partial charge in [0.2, 0.25) is 0 Å². The highest BCUT2D eigenvalue weighted by atomic mass is 16.4. The highest BCUT2D eigenvalue weighted by molar-refractivity contribution is 5.84. The highest BCUT2D eigenvalue weighted by Gasteiger charge is 2.16. The third-order valence-corrected chi connectivity index (χ3v) is 3.01. The average molecular weight is 252 g/mol. The molecule has 94 valence electrons. The first-order valence-electron chi connectivity index (χ1n) is 6.00. The Bertz CT molecular complexity index is 779. The van der Waals surface area contributed by atoms with Crippen LogP contribution < -0.4 is 5.63 Å². The molecule has 3 nitrogen and oxygen atoms in total. The largest absolute Gasteiger partial charge is 0.464 e. The number of rotatable bonds is 3. The minimum Gasteiger partial charge on any atom is -0.464 e. The molecule has 0 saturated heterocycles. The number of furan rings is 1. The van der Waals surface area contributed by atoms with Crippen molar-refractivity contribution >= 4 is 11.0 Å². The van der Waals surface area contributed by atoms with Crippen molar-refractivity contribution in [2.45, 2.75) is 6.42 Å². The Hall–Kier alpha value is -2.55.